The summed E-state index contributed by atoms with van der Waals surface area (Å²) < 4.78 is 5.02. The summed E-state index contributed by atoms with van der Waals surface area (Å²) in [6.45, 7) is 5.57. The monoisotopic (exact) mass is 336 g/mol. The predicted octanol–water partition coefficient (Wildman–Crippen LogP) is 2.48. The molecule has 23 heavy (non-hydrogen) atoms. The highest BCUT2D eigenvalue weighted by atomic mass is 32.1. The zero-order valence-corrected chi connectivity index (χ0v) is 14.4. The van der Waals surface area contributed by atoms with E-state index in [4.69, 9.17) is 22.7 Å². The van der Waals surface area contributed by atoms with Gasteiger partial charge in [-0.15, -0.1) is 0 Å². The molecule has 0 aliphatic carbocycles. The van der Waals surface area contributed by atoms with Crippen LogP contribution in [0.2, 0.25) is 0 Å². The van der Waals surface area contributed by atoms with Crippen molar-refractivity contribution in [2.24, 2.45) is 0 Å². The molecule has 1 fully saturated rings. The summed E-state index contributed by atoms with van der Waals surface area (Å²) in [5.41, 5.74) is 8.54. The number of aryl methyl sites for hydroxylation is 1. The first-order valence-corrected chi connectivity index (χ1v) is 8.25. The van der Waals surface area contributed by atoms with Gasteiger partial charge in [0.1, 0.15) is 0 Å². The Morgan fingerprint density at radius 2 is 2.13 bits per heavy atom. The van der Waals surface area contributed by atoms with Gasteiger partial charge in [-0.25, -0.2) is 4.79 Å². The van der Waals surface area contributed by atoms with E-state index in [9.17, 15) is 4.79 Å². The normalized spacial score (nSPS) is 15.1. The van der Waals surface area contributed by atoms with E-state index in [1.165, 1.54) is 0 Å². The van der Waals surface area contributed by atoms with Crippen LogP contribution in [0.3, 0.4) is 0 Å². The van der Waals surface area contributed by atoms with Crippen LogP contribution >= 0.6 is 12.2 Å². The quantitative estimate of drug-likeness (QED) is 0.581. The fourth-order valence-corrected chi connectivity index (χ4v) is 2.82. The fraction of sp³-hybridized carbons (Fsp3) is 0.500. The van der Waals surface area contributed by atoms with Crippen molar-refractivity contribution in [1.82, 2.24) is 10.2 Å². The molecule has 0 atom stereocenters. The van der Waals surface area contributed by atoms with E-state index < -0.39 is 0 Å². The molecular formula is C16H24N4O2S. The van der Waals surface area contributed by atoms with Crippen LogP contribution in [0.1, 0.15) is 25.3 Å². The summed E-state index contributed by atoms with van der Waals surface area (Å²) in [5.74, 6) is 0. The number of nitrogens with zero attached hydrogens (tertiary/aromatic N) is 1. The molecule has 0 aromatic heterocycles. The summed E-state index contributed by atoms with van der Waals surface area (Å²) in [7, 11) is 0. The summed E-state index contributed by atoms with van der Waals surface area (Å²) in [4.78, 5) is 13.4. The number of hydrogen-bond acceptors (Lipinski definition) is 4. The maximum absolute atomic E-state index is 11.7. The molecule has 7 heteroatoms. The number of nitrogens with one attached hydrogen (secondary N) is 2. The van der Waals surface area contributed by atoms with Gasteiger partial charge in [-0.2, -0.15) is 0 Å². The summed E-state index contributed by atoms with van der Waals surface area (Å²) in [6.07, 6.45) is 1.44. The van der Waals surface area contributed by atoms with Crippen molar-refractivity contribution in [3.63, 3.8) is 0 Å². The Kier molecular flexibility index (Phi) is 6.04. The van der Waals surface area contributed by atoms with E-state index >= 15 is 0 Å². The van der Waals surface area contributed by atoms with Gasteiger partial charge in [0.2, 0.25) is 0 Å². The number of rotatable bonds is 3. The number of amides is 1. The lowest BCUT2D eigenvalue weighted by Crippen LogP contribution is -2.47. The first kappa shape index (κ1) is 17.3. The number of nitrogens with two attached hydrogens (primary N) is 1. The van der Waals surface area contributed by atoms with Crippen molar-refractivity contribution in [3.8, 4) is 0 Å². The van der Waals surface area contributed by atoms with E-state index in [0.29, 0.717) is 30.5 Å². The summed E-state index contributed by atoms with van der Waals surface area (Å²) in [6, 6.07) is 6.03. The maximum atomic E-state index is 11.7. The van der Waals surface area contributed by atoms with Gasteiger partial charge >= 0.3 is 6.09 Å². The molecule has 126 valence electrons. The van der Waals surface area contributed by atoms with Gasteiger partial charge in [-0.3, -0.25) is 0 Å². The van der Waals surface area contributed by atoms with Gasteiger partial charge in [0.25, 0.3) is 0 Å². The summed E-state index contributed by atoms with van der Waals surface area (Å²) in [5, 5.41) is 6.99. The molecule has 0 radical (unpaired) electrons. The highest BCUT2D eigenvalue weighted by Crippen LogP contribution is 2.19. The Morgan fingerprint density at radius 1 is 1.43 bits per heavy atom. The number of piperidine rings is 1. The zero-order valence-electron chi connectivity index (χ0n) is 13.6. The number of anilines is 2. The van der Waals surface area contributed by atoms with Crippen LogP contribution in [0.15, 0.2) is 18.2 Å². The van der Waals surface area contributed by atoms with Gasteiger partial charge < -0.3 is 26.0 Å². The van der Waals surface area contributed by atoms with Crippen LogP contribution in [0.25, 0.3) is 0 Å². The Morgan fingerprint density at radius 3 is 2.78 bits per heavy atom. The van der Waals surface area contributed by atoms with Gasteiger partial charge in [-0.05, 0) is 56.6 Å². The Bertz CT molecular complexity index is 571. The van der Waals surface area contributed by atoms with E-state index in [-0.39, 0.29) is 12.1 Å². The van der Waals surface area contributed by atoms with Crippen LogP contribution in [-0.4, -0.2) is 41.8 Å². The summed E-state index contributed by atoms with van der Waals surface area (Å²) >= 11 is 5.36. The molecular weight excluding hydrogens is 312 g/mol. The van der Waals surface area contributed by atoms with E-state index in [1.807, 2.05) is 32.0 Å². The molecule has 1 aliphatic heterocycles. The van der Waals surface area contributed by atoms with E-state index in [1.54, 1.807) is 4.90 Å². The number of nitrogen functional groups attached to an aromatic ring is 1. The fourth-order valence-electron chi connectivity index (χ4n) is 2.54. The van der Waals surface area contributed by atoms with Crippen molar-refractivity contribution < 1.29 is 9.53 Å². The number of likely N-dealkylation sites (tertiary alicyclic amines) is 1. The average molecular weight is 336 g/mol. The van der Waals surface area contributed by atoms with Crippen LogP contribution < -0.4 is 16.4 Å². The molecule has 1 aromatic carbocycles. The van der Waals surface area contributed by atoms with Gasteiger partial charge in [0.15, 0.2) is 5.11 Å². The van der Waals surface area contributed by atoms with Gasteiger partial charge in [-0.1, -0.05) is 6.07 Å². The lowest BCUT2D eigenvalue weighted by atomic mass is 10.1. The number of carbonyl (C=O) groups excluding carboxylic acids is 1. The molecule has 0 bridgehead atoms. The molecule has 4 N–H and O–H groups in total. The highest BCUT2D eigenvalue weighted by molar-refractivity contribution is 7.80. The first-order chi connectivity index (χ1) is 11.0. The third-order valence-corrected chi connectivity index (χ3v) is 4.03. The average Bonchev–Trinajstić information content (AvgIpc) is 2.52. The zero-order chi connectivity index (χ0) is 16.8. The van der Waals surface area contributed by atoms with Crippen LogP contribution in [-0.2, 0) is 4.74 Å². The van der Waals surface area contributed by atoms with Gasteiger partial charge in [0, 0.05) is 19.1 Å². The second-order valence-corrected chi connectivity index (χ2v) is 6.06. The molecule has 0 saturated carbocycles. The van der Waals surface area contributed by atoms with Crippen molar-refractivity contribution in [3.05, 3.63) is 23.8 Å². The SMILES string of the molecule is CCOC(=O)N1CCC(NC(=S)Nc2cc(C)ccc2N)CC1. The topological polar surface area (TPSA) is 79.6 Å². The van der Waals surface area contributed by atoms with Crippen molar-refractivity contribution in [1.29, 1.82) is 0 Å². The highest BCUT2D eigenvalue weighted by Gasteiger charge is 2.23. The van der Waals surface area contributed by atoms with Crippen LogP contribution in [0.4, 0.5) is 16.2 Å². The van der Waals surface area contributed by atoms with Crippen molar-refractivity contribution in [2.45, 2.75) is 32.7 Å². The molecule has 1 saturated heterocycles. The molecule has 0 unspecified atom stereocenters. The Labute approximate surface area is 142 Å². The van der Waals surface area contributed by atoms with E-state index in [0.717, 1.165) is 24.1 Å². The Balaban J connectivity index is 1.81. The van der Waals surface area contributed by atoms with Crippen LogP contribution in [0, 0.1) is 6.92 Å². The molecule has 1 aromatic rings. The van der Waals surface area contributed by atoms with E-state index in [2.05, 4.69) is 10.6 Å². The smallest absolute Gasteiger partial charge is 0.409 e. The second-order valence-electron chi connectivity index (χ2n) is 5.65. The molecule has 0 spiro atoms. The standard InChI is InChI=1S/C16H24N4O2S/c1-3-22-16(21)20-8-6-12(7-9-20)18-15(23)19-14-10-11(2)4-5-13(14)17/h4-5,10,12H,3,6-9,17H2,1-2H3,(H2,18,19,23). The lowest BCUT2D eigenvalue weighted by Gasteiger charge is -2.32. The molecule has 1 amide bonds. The minimum Gasteiger partial charge on any atom is -0.450 e. The van der Waals surface area contributed by atoms with Crippen molar-refractivity contribution in [2.75, 3.05) is 30.7 Å². The largest absolute Gasteiger partial charge is 0.450 e. The van der Waals surface area contributed by atoms with Crippen molar-refractivity contribution >= 4 is 34.8 Å². The maximum Gasteiger partial charge on any atom is 0.409 e. The number of benzene rings is 1. The predicted molar refractivity (Wildman–Crippen MR) is 96.6 cm³/mol. The minimum absolute atomic E-state index is 0.237. The molecule has 1 heterocycles. The number of hydrogen-bond donors (Lipinski definition) is 3. The van der Waals surface area contributed by atoms with Gasteiger partial charge in [0.05, 0.1) is 18.0 Å². The molecule has 1 aliphatic rings. The number of thiocarbonyl (C=S) groups is 1. The minimum atomic E-state index is -0.237. The second kappa shape index (κ2) is 8.01. The molecule has 2 rings (SSSR count). The lowest BCUT2D eigenvalue weighted by molar-refractivity contribution is 0.0964. The Hall–Kier alpha value is -2.02. The number of carbonyl (C=O) groups is 1. The third kappa shape index (κ3) is 4.99. The molecule has 6 nitrogen and oxygen atoms in total. The third-order valence-electron chi connectivity index (χ3n) is 3.81. The van der Waals surface area contributed by atoms with Crippen LogP contribution in [0.5, 0.6) is 0 Å². The number of ether oxygens (including phenoxy) is 1. The first-order valence-electron chi connectivity index (χ1n) is 7.85.